The number of carbonyl (C=O) groups is 1. The van der Waals surface area contributed by atoms with Crippen LogP contribution in [-0.2, 0) is 16.1 Å². The molecule has 1 aliphatic heterocycles. The highest BCUT2D eigenvalue weighted by Crippen LogP contribution is 2.12. The van der Waals surface area contributed by atoms with Crippen molar-refractivity contribution in [3.63, 3.8) is 0 Å². The summed E-state index contributed by atoms with van der Waals surface area (Å²) in [6.07, 6.45) is 1.07. The fourth-order valence-corrected chi connectivity index (χ4v) is 2.97. The molecular formula is C16H27IN4O2S. The standard InChI is InChI=1S/C16H26N4O2S.HI/c1-19(2)15(21)9-18-16(17-8-13-4-6-22-11-13)20(3)10-14-5-7-23-12-14;/h5,7,12-13H,4,6,8-11H2,1-3H3,(H,17,18);1H. The minimum Gasteiger partial charge on any atom is -0.381 e. The molecule has 0 saturated carbocycles. The molecule has 2 heterocycles. The Labute approximate surface area is 165 Å². The second kappa shape index (κ2) is 10.9. The van der Waals surface area contributed by atoms with Gasteiger partial charge in [0, 0.05) is 46.8 Å². The number of nitrogens with zero attached hydrogens (tertiary/aromatic N) is 3. The van der Waals surface area contributed by atoms with Gasteiger partial charge in [0.05, 0.1) is 6.61 Å². The molecule has 0 spiro atoms. The molecule has 1 atom stereocenters. The van der Waals surface area contributed by atoms with Crippen LogP contribution in [0.15, 0.2) is 21.8 Å². The third-order valence-electron chi connectivity index (χ3n) is 3.80. The summed E-state index contributed by atoms with van der Waals surface area (Å²) < 4.78 is 5.41. The van der Waals surface area contributed by atoms with Crippen molar-refractivity contribution in [3.8, 4) is 0 Å². The van der Waals surface area contributed by atoms with Gasteiger partial charge in [-0.2, -0.15) is 11.3 Å². The Hall–Kier alpha value is -0.870. The predicted molar refractivity (Wildman–Crippen MR) is 109 cm³/mol. The molecule has 1 N–H and O–H groups in total. The van der Waals surface area contributed by atoms with E-state index in [-0.39, 0.29) is 36.4 Å². The number of carbonyl (C=O) groups excluding carboxylic acids is 1. The topological polar surface area (TPSA) is 57.2 Å². The maximum Gasteiger partial charge on any atom is 0.243 e. The van der Waals surface area contributed by atoms with Gasteiger partial charge in [-0.1, -0.05) is 0 Å². The molecular weight excluding hydrogens is 439 g/mol. The number of hydrogen-bond acceptors (Lipinski definition) is 4. The third kappa shape index (κ3) is 6.94. The lowest BCUT2D eigenvalue weighted by Crippen LogP contribution is -2.41. The van der Waals surface area contributed by atoms with Crippen LogP contribution in [0.3, 0.4) is 0 Å². The lowest BCUT2D eigenvalue weighted by molar-refractivity contribution is -0.127. The molecule has 0 bridgehead atoms. The minimum atomic E-state index is -0.00238. The molecule has 1 unspecified atom stereocenters. The smallest absolute Gasteiger partial charge is 0.243 e. The van der Waals surface area contributed by atoms with Gasteiger partial charge in [-0.05, 0) is 28.8 Å². The van der Waals surface area contributed by atoms with Gasteiger partial charge in [-0.15, -0.1) is 24.0 Å². The van der Waals surface area contributed by atoms with Crippen molar-refractivity contribution in [2.24, 2.45) is 10.9 Å². The summed E-state index contributed by atoms with van der Waals surface area (Å²) in [7, 11) is 5.49. The molecule has 24 heavy (non-hydrogen) atoms. The fraction of sp³-hybridized carbons (Fsp3) is 0.625. The van der Waals surface area contributed by atoms with Crippen LogP contribution in [0.5, 0.6) is 0 Å². The molecule has 136 valence electrons. The summed E-state index contributed by atoms with van der Waals surface area (Å²) in [6, 6.07) is 2.11. The molecule has 1 amide bonds. The number of halogens is 1. The molecule has 0 aliphatic carbocycles. The number of thiophene rings is 1. The van der Waals surface area contributed by atoms with Crippen LogP contribution in [0.2, 0.25) is 0 Å². The average molecular weight is 466 g/mol. The van der Waals surface area contributed by atoms with Crippen LogP contribution >= 0.6 is 35.3 Å². The zero-order chi connectivity index (χ0) is 16.7. The third-order valence-corrected chi connectivity index (χ3v) is 4.53. The summed E-state index contributed by atoms with van der Waals surface area (Å²) in [5.74, 6) is 1.27. The Morgan fingerprint density at radius 1 is 1.46 bits per heavy atom. The Kier molecular flexibility index (Phi) is 9.60. The summed E-state index contributed by atoms with van der Waals surface area (Å²) in [5, 5.41) is 7.59. The number of likely N-dealkylation sites (N-methyl/N-ethyl adjacent to an activating group) is 1. The Bertz CT molecular complexity index is 516. The summed E-state index contributed by atoms with van der Waals surface area (Å²) in [4.78, 5) is 19.9. The summed E-state index contributed by atoms with van der Waals surface area (Å²) >= 11 is 1.68. The van der Waals surface area contributed by atoms with Crippen molar-refractivity contribution in [1.29, 1.82) is 0 Å². The first-order valence-corrected chi connectivity index (χ1v) is 8.79. The van der Waals surface area contributed by atoms with E-state index in [1.165, 1.54) is 5.56 Å². The van der Waals surface area contributed by atoms with E-state index < -0.39 is 0 Å². The highest BCUT2D eigenvalue weighted by Gasteiger charge is 2.17. The Morgan fingerprint density at radius 3 is 2.83 bits per heavy atom. The van der Waals surface area contributed by atoms with E-state index in [4.69, 9.17) is 4.74 Å². The summed E-state index contributed by atoms with van der Waals surface area (Å²) in [5.41, 5.74) is 1.25. The molecule has 0 aromatic carbocycles. The van der Waals surface area contributed by atoms with E-state index in [2.05, 4.69) is 32.0 Å². The molecule has 8 heteroatoms. The van der Waals surface area contributed by atoms with Crippen LogP contribution in [0.25, 0.3) is 0 Å². The van der Waals surface area contributed by atoms with Crippen molar-refractivity contribution in [3.05, 3.63) is 22.4 Å². The highest BCUT2D eigenvalue weighted by atomic mass is 127. The fourth-order valence-electron chi connectivity index (χ4n) is 2.31. The van der Waals surface area contributed by atoms with E-state index in [1.54, 1.807) is 30.3 Å². The molecule has 1 aromatic heterocycles. The van der Waals surface area contributed by atoms with Crippen LogP contribution in [-0.4, -0.2) is 69.1 Å². The SMILES string of the molecule is CN(C)C(=O)CN=C(NCC1CCOC1)N(C)Cc1ccsc1.I. The van der Waals surface area contributed by atoms with Crippen LogP contribution in [0.1, 0.15) is 12.0 Å². The number of rotatable bonds is 6. The van der Waals surface area contributed by atoms with E-state index in [0.717, 1.165) is 38.7 Å². The van der Waals surface area contributed by atoms with Gasteiger partial charge in [0.1, 0.15) is 6.54 Å². The number of nitrogens with one attached hydrogen (secondary N) is 1. The van der Waals surface area contributed by atoms with Crippen molar-refractivity contribution in [1.82, 2.24) is 15.1 Å². The monoisotopic (exact) mass is 466 g/mol. The van der Waals surface area contributed by atoms with Gasteiger partial charge in [-0.25, -0.2) is 4.99 Å². The van der Waals surface area contributed by atoms with Crippen molar-refractivity contribution >= 4 is 47.2 Å². The van der Waals surface area contributed by atoms with Gasteiger partial charge in [0.2, 0.25) is 5.91 Å². The highest BCUT2D eigenvalue weighted by molar-refractivity contribution is 14.0. The van der Waals surface area contributed by atoms with E-state index >= 15 is 0 Å². The predicted octanol–water partition coefficient (Wildman–Crippen LogP) is 1.87. The first kappa shape index (κ1) is 21.2. The quantitative estimate of drug-likeness (QED) is 0.395. The number of hydrogen-bond donors (Lipinski definition) is 1. The van der Waals surface area contributed by atoms with Gasteiger partial charge in [-0.3, -0.25) is 4.79 Å². The molecule has 1 aliphatic rings. The van der Waals surface area contributed by atoms with E-state index in [9.17, 15) is 4.79 Å². The zero-order valence-electron chi connectivity index (χ0n) is 14.5. The number of guanidine groups is 1. The van der Waals surface area contributed by atoms with Crippen LogP contribution in [0, 0.1) is 5.92 Å². The Morgan fingerprint density at radius 2 is 2.25 bits per heavy atom. The van der Waals surface area contributed by atoms with Crippen molar-refractivity contribution in [2.75, 3.05) is 47.4 Å². The van der Waals surface area contributed by atoms with Crippen molar-refractivity contribution in [2.45, 2.75) is 13.0 Å². The van der Waals surface area contributed by atoms with Crippen molar-refractivity contribution < 1.29 is 9.53 Å². The van der Waals surface area contributed by atoms with Gasteiger partial charge >= 0.3 is 0 Å². The molecule has 0 radical (unpaired) electrons. The first-order chi connectivity index (χ1) is 11.1. The minimum absolute atomic E-state index is 0. The maximum atomic E-state index is 11.8. The second-order valence-corrected chi connectivity index (χ2v) is 6.81. The lowest BCUT2D eigenvalue weighted by atomic mass is 10.1. The first-order valence-electron chi connectivity index (χ1n) is 7.84. The second-order valence-electron chi connectivity index (χ2n) is 6.03. The number of amides is 1. The average Bonchev–Trinajstić information content (AvgIpc) is 3.20. The molecule has 1 aromatic rings. The number of ether oxygens (including phenoxy) is 1. The van der Waals surface area contributed by atoms with Gasteiger partial charge in [0.25, 0.3) is 0 Å². The van der Waals surface area contributed by atoms with Gasteiger partial charge < -0.3 is 19.9 Å². The van der Waals surface area contributed by atoms with Gasteiger partial charge in [0.15, 0.2) is 5.96 Å². The van der Waals surface area contributed by atoms with E-state index in [1.807, 2.05) is 7.05 Å². The number of aliphatic imine (C=N–C) groups is 1. The summed E-state index contributed by atoms with van der Waals surface area (Å²) in [6.45, 7) is 3.38. The van der Waals surface area contributed by atoms with Crippen LogP contribution in [0.4, 0.5) is 0 Å². The normalized spacial score (nSPS) is 17.3. The maximum absolute atomic E-state index is 11.8. The zero-order valence-corrected chi connectivity index (χ0v) is 17.7. The molecule has 6 nitrogen and oxygen atoms in total. The largest absolute Gasteiger partial charge is 0.381 e. The van der Waals surface area contributed by atoms with Crippen LogP contribution < -0.4 is 5.32 Å². The molecule has 1 fully saturated rings. The lowest BCUT2D eigenvalue weighted by Gasteiger charge is -2.23. The van der Waals surface area contributed by atoms with E-state index in [0.29, 0.717) is 5.92 Å². The molecule has 2 rings (SSSR count). The molecule has 1 saturated heterocycles. The Balaban J connectivity index is 0.00000288.